The van der Waals surface area contributed by atoms with Gasteiger partial charge in [0.1, 0.15) is 0 Å². The Bertz CT molecular complexity index is 223. The molecule has 0 saturated heterocycles. The number of alkyl halides is 1. The summed E-state index contributed by atoms with van der Waals surface area (Å²) in [5.41, 5.74) is 0.414. The van der Waals surface area contributed by atoms with Crippen LogP contribution in [-0.4, -0.2) is 16.5 Å². The van der Waals surface area contributed by atoms with Crippen LogP contribution in [0.25, 0.3) is 0 Å². The Morgan fingerprint density at radius 1 is 1.46 bits per heavy atom. The smallest absolute Gasteiger partial charge is 0.330 e. The second-order valence-electron chi connectivity index (χ2n) is 3.62. The monoisotopic (exact) mass is 202 g/mol. The van der Waals surface area contributed by atoms with Gasteiger partial charge in [0.05, 0.1) is 0 Å². The predicted octanol–water partition coefficient (Wildman–Crippen LogP) is 2.81. The molecule has 74 valence electrons. The number of hydrogen-bond donors (Lipinski definition) is 1. The van der Waals surface area contributed by atoms with Crippen LogP contribution in [0.15, 0.2) is 11.6 Å². The van der Waals surface area contributed by atoms with Crippen LogP contribution in [0.4, 0.5) is 0 Å². The van der Waals surface area contributed by atoms with Crippen LogP contribution in [0.5, 0.6) is 0 Å². The zero-order valence-corrected chi connectivity index (χ0v) is 8.55. The molecule has 3 heteroatoms. The summed E-state index contributed by atoms with van der Waals surface area (Å²) in [6.45, 7) is 1.63. The number of carbonyl (C=O) groups is 1. The molecule has 0 aromatic heterocycles. The van der Waals surface area contributed by atoms with Gasteiger partial charge in [0, 0.05) is 11.0 Å². The fraction of sp³-hybridized carbons (Fsp3) is 0.700. The van der Waals surface area contributed by atoms with Gasteiger partial charge >= 0.3 is 5.97 Å². The van der Waals surface area contributed by atoms with Gasteiger partial charge in [-0.25, -0.2) is 4.79 Å². The quantitative estimate of drug-likeness (QED) is 0.552. The Balaban J connectivity index is 2.60. The third-order valence-corrected chi connectivity index (χ3v) is 3.08. The average molecular weight is 203 g/mol. The summed E-state index contributed by atoms with van der Waals surface area (Å²) in [6.07, 6.45) is 6.18. The number of halogens is 1. The van der Waals surface area contributed by atoms with E-state index in [2.05, 4.69) is 0 Å². The predicted molar refractivity (Wildman–Crippen MR) is 53.0 cm³/mol. The van der Waals surface area contributed by atoms with Crippen molar-refractivity contribution < 1.29 is 9.90 Å². The Kier molecular flexibility index (Phi) is 3.79. The van der Waals surface area contributed by atoms with E-state index < -0.39 is 5.97 Å². The maximum absolute atomic E-state index is 10.6. The summed E-state index contributed by atoms with van der Waals surface area (Å²) in [6, 6.07) is 0. The second kappa shape index (κ2) is 4.66. The minimum absolute atomic E-state index is 0.128. The lowest BCUT2D eigenvalue weighted by Crippen LogP contribution is -2.18. The molecular formula is C10H15ClO2. The summed E-state index contributed by atoms with van der Waals surface area (Å²) >= 11 is 6.09. The van der Waals surface area contributed by atoms with Crippen molar-refractivity contribution in [3.8, 4) is 0 Å². The van der Waals surface area contributed by atoms with Crippen molar-refractivity contribution in [2.45, 2.75) is 38.0 Å². The highest BCUT2D eigenvalue weighted by Gasteiger charge is 2.21. The first kappa shape index (κ1) is 10.6. The van der Waals surface area contributed by atoms with E-state index in [1.165, 1.54) is 6.42 Å². The van der Waals surface area contributed by atoms with E-state index in [1.54, 1.807) is 13.0 Å². The molecule has 0 radical (unpaired) electrons. The van der Waals surface area contributed by atoms with Crippen LogP contribution in [0.3, 0.4) is 0 Å². The highest BCUT2D eigenvalue weighted by molar-refractivity contribution is 6.21. The number of carboxylic acids is 1. The summed E-state index contributed by atoms with van der Waals surface area (Å²) in [5, 5.41) is 8.82. The molecule has 1 aliphatic rings. The lowest BCUT2D eigenvalue weighted by atomic mass is 9.87. The molecule has 1 aliphatic carbocycles. The molecule has 2 atom stereocenters. The van der Waals surface area contributed by atoms with E-state index in [0.29, 0.717) is 5.57 Å². The summed E-state index contributed by atoms with van der Waals surface area (Å²) in [5.74, 6) is -0.582. The molecule has 2 unspecified atom stereocenters. The molecule has 0 aromatic carbocycles. The van der Waals surface area contributed by atoms with Crippen LogP contribution in [-0.2, 0) is 4.79 Å². The van der Waals surface area contributed by atoms with Gasteiger partial charge in [-0.2, -0.15) is 0 Å². The van der Waals surface area contributed by atoms with E-state index in [0.717, 1.165) is 19.3 Å². The van der Waals surface area contributed by atoms with Gasteiger partial charge in [0.2, 0.25) is 0 Å². The SMILES string of the molecule is C/C(=C\C1CCCCC1Cl)C(=O)O. The van der Waals surface area contributed by atoms with Crippen LogP contribution >= 0.6 is 11.6 Å². The maximum Gasteiger partial charge on any atom is 0.330 e. The topological polar surface area (TPSA) is 37.3 Å². The van der Waals surface area contributed by atoms with E-state index in [1.807, 2.05) is 0 Å². The average Bonchev–Trinajstić information content (AvgIpc) is 2.08. The summed E-state index contributed by atoms with van der Waals surface area (Å²) < 4.78 is 0. The fourth-order valence-corrected chi connectivity index (χ4v) is 2.05. The molecule has 0 spiro atoms. The Morgan fingerprint density at radius 3 is 2.62 bits per heavy atom. The van der Waals surface area contributed by atoms with Gasteiger partial charge < -0.3 is 5.11 Å². The van der Waals surface area contributed by atoms with Crippen molar-refractivity contribution >= 4 is 17.6 Å². The van der Waals surface area contributed by atoms with Gasteiger partial charge in [0.15, 0.2) is 0 Å². The highest BCUT2D eigenvalue weighted by atomic mass is 35.5. The van der Waals surface area contributed by atoms with Gasteiger partial charge in [-0.05, 0) is 25.7 Å². The van der Waals surface area contributed by atoms with E-state index >= 15 is 0 Å². The molecule has 1 saturated carbocycles. The lowest BCUT2D eigenvalue weighted by molar-refractivity contribution is -0.132. The zero-order valence-electron chi connectivity index (χ0n) is 7.79. The molecule has 0 aliphatic heterocycles. The van der Waals surface area contributed by atoms with Crippen LogP contribution in [0.2, 0.25) is 0 Å². The van der Waals surface area contributed by atoms with Gasteiger partial charge in [-0.1, -0.05) is 18.9 Å². The molecule has 1 rings (SSSR count). The van der Waals surface area contributed by atoms with E-state index in [9.17, 15) is 4.79 Å². The van der Waals surface area contributed by atoms with E-state index in [4.69, 9.17) is 16.7 Å². The Hall–Kier alpha value is -0.500. The lowest BCUT2D eigenvalue weighted by Gasteiger charge is -2.24. The normalized spacial score (nSPS) is 30.2. The minimum Gasteiger partial charge on any atom is -0.478 e. The van der Waals surface area contributed by atoms with Gasteiger partial charge in [-0.15, -0.1) is 11.6 Å². The Labute approximate surface area is 83.6 Å². The molecule has 1 fully saturated rings. The fourth-order valence-electron chi connectivity index (χ4n) is 1.69. The van der Waals surface area contributed by atoms with Gasteiger partial charge in [0.25, 0.3) is 0 Å². The molecule has 0 bridgehead atoms. The van der Waals surface area contributed by atoms with Crippen molar-refractivity contribution in [2.75, 3.05) is 0 Å². The third kappa shape index (κ3) is 3.03. The van der Waals surface area contributed by atoms with E-state index in [-0.39, 0.29) is 11.3 Å². The van der Waals surface area contributed by atoms with Crippen molar-refractivity contribution in [1.29, 1.82) is 0 Å². The number of allylic oxidation sites excluding steroid dienone is 1. The van der Waals surface area contributed by atoms with Crippen molar-refractivity contribution in [1.82, 2.24) is 0 Å². The maximum atomic E-state index is 10.6. The molecule has 2 nitrogen and oxygen atoms in total. The second-order valence-corrected chi connectivity index (χ2v) is 4.18. The standard InChI is InChI=1S/C10H15ClO2/c1-7(10(12)13)6-8-4-2-3-5-9(8)11/h6,8-9H,2-5H2,1H3,(H,12,13)/b7-6+. The first-order valence-corrected chi connectivity index (χ1v) is 5.10. The van der Waals surface area contributed by atoms with Gasteiger partial charge in [-0.3, -0.25) is 0 Å². The molecule has 0 amide bonds. The van der Waals surface area contributed by atoms with Crippen molar-refractivity contribution in [3.63, 3.8) is 0 Å². The number of rotatable bonds is 2. The zero-order chi connectivity index (χ0) is 9.84. The first-order valence-electron chi connectivity index (χ1n) is 4.67. The Morgan fingerprint density at radius 2 is 2.08 bits per heavy atom. The molecule has 0 aromatic rings. The number of carboxylic acid groups (broad SMARTS) is 1. The molecule has 13 heavy (non-hydrogen) atoms. The molecular weight excluding hydrogens is 188 g/mol. The molecule has 1 N–H and O–H groups in total. The largest absolute Gasteiger partial charge is 0.478 e. The van der Waals surface area contributed by atoms with Crippen molar-refractivity contribution in [3.05, 3.63) is 11.6 Å². The number of aliphatic carboxylic acids is 1. The minimum atomic E-state index is -0.838. The number of hydrogen-bond acceptors (Lipinski definition) is 1. The van der Waals surface area contributed by atoms with Crippen molar-refractivity contribution in [2.24, 2.45) is 5.92 Å². The summed E-state index contributed by atoms with van der Waals surface area (Å²) in [7, 11) is 0. The summed E-state index contributed by atoms with van der Waals surface area (Å²) in [4.78, 5) is 10.6. The third-order valence-electron chi connectivity index (χ3n) is 2.53. The molecule has 0 heterocycles. The van der Waals surface area contributed by atoms with Crippen LogP contribution in [0, 0.1) is 5.92 Å². The first-order chi connectivity index (χ1) is 6.11. The van der Waals surface area contributed by atoms with Crippen LogP contribution in [0.1, 0.15) is 32.6 Å². The van der Waals surface area contributed by atoms with Crippen LogP contribution < -0.4 is 0 Å². The highest BCUT2D eigenvalue weighted by Crippen LogP contribution is 2.30.